The van der Waals surface area contributed by atoms with Gasteiger partial charge in [-0.1, -0.05) is 11.6 Å². The van der Waals surface area contributed by atoms with Crippen LogP contribution in [-0.4, -0.2) is 29.8 Å². The van der Waals surface area contributed by atoms with Gasteiger partial charge in [0.05, 0.1) is 10.7 Å². The molecule has 0 atom stereocenters. The van der Waals surface area contributed by atoms with E-state index in [4.69, 9.17) is 11.6 Å². The fraction of sp³-hybridized carbons (Fsp3) is 0.385. The molecule has 2 amide bonds. The highest BCUT2D eigenvalue weighted by Crippen LogP contribution is 2.24. The van der Waals surface area contributed by atoms with Crippen LogP contribution in [0.15, 0.2) is 18.2 Å². The molecule has 5 heteroatoms. The summed E-state index contributed by atoms with van der Waals surface area (Å²) < 4.78 is 0. The van der Waals surface area contributed by atoms with E-state index in [0.717, 1.165) is 25.9 Å². The molecule has 1 aliphatic heterocycles. The second-order valence-electron chi connectivity index (χ2n) is 4.38. The van der Waals surface area contributed by atoms with Crippen molar-refractivity contribution >= 4 is 29.1 Å². The third-order valence-electron chi connectivity index (χ3n) is 2.92. The normalized spacial score (nSPS) is 14.7. The first-order chi connectivity index (χ1) is 8.58. The van der Waals surface area contributed by atoms with Gasteiger partial charge in [0.2, 0.25) is 5.91 Å². The highest BCUT2D eigenvalue weighted by molar-refractivity contribution is 6.33. The summed E-state index contributed by atoms with van der Waals surface area (Å²) in [5.74, 6) is -0.210. The van der Waals surface area contributed by atoms with Crippen molar-refractivity contribution in [3.63, 3.8) is 0 Å². The second-order valence-corrected chi connectivity index (χ2v) is 4.78. The molecule has 1 aliphatic rings. The van der Waals surface area contributed by atoms with Crippen molar-refractivity contribution in [3.8, 4) is 0 Å². The summed E-state index contributed by atoms with van der Waals surface area (Å²) in [5, 5.41) is 3.05. The minimum atomic E-state index is -0.206. The summed E-state index contributed by atoms with van der Waals surface area (Å²) in [4.78, 5) is 25.0. The number of rotatable bonds is 2. The van der Waals surface area contributed by atoms with Gasteiger partial charge < -0.3 is 10.2 Å². The molecule has 18 heavy (non-hydrogen) atoms. The predicted octanol–water partition coefficient (Wildman–Crippen LogP) is 2.53. The van der Waals surface area contributed by atoms with Crippen LogP contribution in [0, 0.1) is 0 Å². The van der Waals surface area contributed by atoms with Crippen LogP contribution < -0.4 is 5.32 Å². The molecule has 1 saturated heterocycles. The van der Waals surface area contributed by atoms with Crippen LogP contribution in [0.1, 0.15) is 30.1 Å². The summed E-state index contributed by atoms with van der Waals surface area (Å²) >= 11 is 5.97. The van der Waals surface area contributed by atoms with Crippen molar-refractivity contribution in [2.45, 2.75) is 19.8 Å². The fourth-order valence-corrected chi connectivity index (χ4v) is 2.21. The Morgan fingerprint density at radius 1 is 1.28 bits per heavy atom. The van der Waals surface area contributed by atoms with Crippen LogP contribution in [0.4, 0.5) is 5.69 Å². The van der Waals surface area contributed by atoms with E-state index in [1.807, 2.05) is 4.90 Å². The minimum absolute atomic E-state index is 0.00392. The molecule has 0 aliphatic carbocycles. The van der Waals surface area contributed by atoms with Crippen molar-refractivity contribution < 1.29 is 9.59 Å². The van der Waals surface area contributed by atoms with Crippen LogP contribution in [0.2, 0.25) is 5.02 Å². The fourth-order valence-electron chi connectivity index (χ4n) is 2.05. The molecule has 1 heterocycles. The van der Waals surface area contributed by atoms with E-state index < -0.39 is 0 Å². The maximum Gasteiger partial charge on any atom is 0.253 e. The monoisotopic (exact) mass is 266 g/mol. The highest BCUT2D eigenvalue weighted by Gasteiger charge is 2.20. The van der Waals surface area contributed by atoms with E-state index in [2.05, 4.69) is 5.32 Å². The number of carbonyl (C=O) groups is 2. The average Bonchev–Trinajstić information content (AvgIpc) is 2.84. The Kier molecular flexibility index (Phi) is 3.87. The molecule has 0 saturated carbocycles. The molecule has 2 rings (SSSR count). The van der Waals surface area contributed by atoms with Gasteiger partial charge in [-0.05, 0) is 31.0 Å². The first-order valence-electron chi connectivity index (χ1n) is 5.94. The molecular weight excluding hydrogens is 252 g/mol. The lowest BCUT2D eigenvalue weighted by Crippen LogP contribution is -2.27. The van der Waals surface area contributed by atoms with Gasteiger partial charge in [0.25, 0.3) is 5.91 Å². The van der Waals surface area contributed by atoms with Crippen LogP contribution >= 0.6 is 11.6 Å². The lowest BCUT2D eigenvalue weighted by Gasteiger charge is -2.16. The molecule has 0 spiro atoms. The maximum atomic E-state index is 12.2. The first-order valence-corrected chi connectivity index (χ1v) is 6.32. The van der Waals surface area contributed by atoms with Crippen LogP contribution in [0.5, 0.6) is 0 Å². The van der Waals surface area contributed by atoms with Gasteiger partial charge in [-0.25, -0.2) is 0 Å². The Bertz CT molecular complexity index is 482. The molecule has 1 aromatic rings. The number of nitrogens with one attached hydrogen (secondary N) is 1. The smallest absolute Gasteiger partial charge is 0.253 e. The molecule has 1 N–H and O–H groups in total. The zero-order valence-electron chi connectivity index (χ0n) is 10.2. The van der Waals surface area contributed by atoms with Gasteiger partial charge in [0, 0.05) is 25.6 Å². The third kappa shape index (κ3) is 2.82. The van der Waals surface area contributed by atoms with Crippen LogP contribution in [0.3, 0.4) is 0 Å². The number of hydrogen-bond donors (Lipinski definition) is 1. The van der Waals surface area contributed by atoms with Crippen molar-refractivity contribution in [1.82, 2.24) is 4.90 Å². The highest BCUT2D eigenvalue weighted by atomic mass is 35.5. The number of hydrogen-bond acceptors (Lipinski definition) is 2. The third-order valence-corrected chi connectivity index (χ3v) is 3.25. The Labute approximate surface area is 111 Å². The van der Waals surface area contributed by atoms with Gasteiger partial charge in [-0.3, -0.25) is 9.59 Å². The molecule has 0 radical (unpaired) electrons. The van der Waals surface area contributed by atoms with E-state index in [1.54, 1.807) is 18.2 Å². The lowest BCUT2D eigenvalue weighted by molar-refractivity contribution is -0.114. The molecule has 96 valence electrons. The standard InChI is InChI=1S/C13H15ClN2O2/c1-9(17)15-12-8-10(4-5-11(12)14)13(18)16-6-2-3-7-16/h4-5,8H,2-3,6-7H2,1H3,(H,15,17). The van der Waals surface area contributed by atoms with Gasteiger partial charge in [0.1, 0.15) is 0 Å². The zero-order chi connectivity index (χ0) is 13.1. The van der Waals surface area contributed by atoms with Gasteiger partial charge in [-0.15, -0.1) is 0 Å². The molecule has 0 aromatic heterocycles. The van der Waals surface area contributed by atoms with E-state index in [9.17, 15) is 9.59 Å². The summed E-state index contributed by atoms with van der Waals surface area (Å²) in [5.41, 5.74) is 1.04. The number of likely N-dealkylation sites (tertiary alicyclic amines) is 1. The van der Waals surface area contributed by atoms with E-state index in [0.29, 0.717) is 16.3 Å². The number of halogens is 1. The number of carbonyl (C=O) groups excluding carboxylic acids is 2. The van der Waals surface area contributed by atoms with Gasteiger partial charge >= 0.3 is 0 Å². The Morgan fingerprint density at radius 2 is 1.94 bits per heavy atom. The summed E-state index contributed by atoms with van der Waals surface area (Å²) in [6.45, 7) is 3.01. The van der Waals surface area contributed by atoms with E-state index in [-0.39, 0.29) is 11.8 Å². The maximum absolute atomic E-state index is 12.2. The molecule has 0 unspecified atom stereocenters. The zero-order valence-corrected chi connectivity index (χ0v) is 11.0. The quantitative estimate of drug-likeness (QED) is 0.894. The molecule has 4 nitrogen and oxygen atoms in total. The number of benzene rings is 1. The average molecular weight is 267 g/mol. The first kappa shape index (κ1) is 12.9. The molecule has 0 bridgehead atoms. The van der Waals surface area contributed by atoms with E-state index in [1.165, 1.54) is 6.92 Å². The topological polar surface area (TPSA) is 49.4 Å². The van der Waals surface area contributed by atoms with Gasteiger partial charge in [0.15, 0.2) is 0 Å². The van der Waals surface area contributed by atoms with Crippen molar-refractivity contribution in [2.24, 2.45) is 0 Å². The minimum Gasteiger partial charge on any atom is -0.339 e. The van der Waals surface area contributed by atoms with Crippen molar-refractivity contribution in [2.75, 3.05) is 18.4 Å². The van der Waals surface area contributed by atoms with Gasteiger partial charge in [-0.2, -0.15) is 0 Å². The summed E-state index contributed by atoms with van der Waals surface area (Å²) in [6, 6.07) is 4.95. The lowest BCUT2D eigenvalue weighted by atomic mass is 10.1. The summed E-state index contributed by atoms with van der Waals surface area (Å²) in [7, 11) is 0. The summed E-state index contributed by atoms with van der Waals surface area (Å²) in [6.07, 6.45) is 2.11. The Balaban J connectivity index is 2.22. The second kappa shape index (κ2) is 5.40. The van der Waals surface area contributed by atoms with Crippen molar-refractivity contribution in [1.29, 1.82) is 0 Å². The Morgan fingerprint density at radius 3 is 2.56 bits per heavy atom. The molecule has 1 aromatic carbocycles. The largest absolute Gasteiger partial charge is 0.339 e. The van der Waals surface area contributed by atoms with Crippen molar-refractivity contribution in [3.05, 3.63) is 28.8 Å². The van der Waals surface area contributed by atoms with Crippen LogP contribution in [0.25, 0.3) is 0 Å². The predicted molar refractivity (Wildman–Crippen MR) is 70.9 cm³/mol. The number of nitrogens with zero attached hydrogens (tertiary/aromatic N) is 1. The number of anilines is 1. The SMILES string of the molecule is CC(=O)Nc1cc(C(=O)N2CCCC2)ccc1Cl. The molecular formula is C13H15ClN2O2. The number of amides is 2. The molecule has 1 fully saturated rings. The van der Waals surface area contributed by atoms with Crippen LogP contribution in [-0.2, 0) is 4.79 Å². The Hall–Kier alpha value is -1.55. The van der Waals surface area contributed by atoms with E-state index >= 15 is 0 Å².